The summed E-state index contributed by atoms with van der Waals surface area (Å²) in [6, 6.07) is 7.29. The first-order valence-corrected chi connectivity index (χ1v) is 14.7. The van der Waals surface area contributed by atoms with Gasteiger partial charge >= 0.3 is 6.09 Å². The van der Waals surface area contributed by atoms with Crippen molar-refractivity contribution in [1.29, 1.82) is 0 Å². The summed E-state index contributed by atoms with van der Waals surface area (Å²) in [5, 5.41) is 0.778. The van der Waals surface area contributed by atoms with Gasteiger partial charge in [0.15, 0.2) is 0 Å². The van der Waals surface area contributed by atoms with Gasteiger partial charge in [0.25, 0.3) is 5.91 Å². The van der Waals surface area contributed by atoms with Crippen LogP contribution in [0.15, 0.2) is 30.5 Å². The van der Waals surface area contributed by atoms with Crippen molar-refractivity contribution >= 4 is 22.9 Å². The van der Waals surface area contributed by atoms with Crippen molar-refractivity contribution in [2.45, 2.75) is 77.9 Å². The lowest BCUT2D eigenvalue weighted by Gasteiger charge is -2.35. The van der Waals surface area contributed by atoms with Gasteiger partial charge in [-0.15, -0.1) is 0 Å². The van der Waals surface area contributed by atoms with Crippen LogP contribution in [-0.2, 0) is 11.2 Å². The van der Waals surface area contributed by atoms with Crippen molar-refractivity contribution in [1.82, 2.24) is 19.4 Å². The van der Waals surface area contributed by atoms with Gasteiger partial charge in [-0.3, -0.25) is 4.79 Å². The van der Waals surface area contributed by atoms with Gasteiger partial charge in [0, 0.05) is 62.0 Å². The monoisotopic (exact) mass is 564 g/mol. The highest BCUT2D eigenvalue weighted by atomic mass is 19.1. The van der Waals surface area contributed by atoms with Gasteiger partial charge in [0.05, 0.1) is 18.2 Å². The lowest BCUT2D eigenvalue weighted by atomic mass is 9.94. The molecule has 3 heterocycles. The Labute approximate surface area is 241 Å². The van der Waals surface area contributed by atoms with E-state index in [4.69, 9.17) is 9.47 Å². The molecule has 0 radical (unpaired) electrons. The van der Waals surface area contributed by atoms with Gasteiger partial charge in [0.1, 0.15) is 11.4 Å². The second kappa shape index (κ2) is 11.7. The minimum Gasteiger partial charge on any atom is -0.481 e. The molecule has 2 fully saturated rings. The highest BCUT2D eigenvalue weighted by Crippen LogP contribution is 2.39. The first kappa shape index (κ1) is 28.9. The second-order valence-electron chi connectivity index (χ2n) is 12.2. The third kappa shape index (κ3) is 6.04. The summed E-state index contributed by atoms with van der Waals surface area (Å²) in [7, 11) is 1.59. The van der Waals surface area contributed by atoms with Crippen LogP contribution in [-0.4, -0.2) is 70.2 Å². The molecule has 2 aliphatic rings. The molecule has 1 aliphatic heterocycles. The Morgan fingerprint density at radius 3 is 2.39 bits per heavy atom. The quantitative estimate of drug-likeness (QED) is 0.365. The van der Waals surface area contributed by atoms with Gasteiger partial charge in [-0.25, -0.2) is 14.2 Å². The normalized spacial score (nSPS) is 16.7. The van der Waals surface area contributed by atoms with Gasteiger partial charge in [-0.1, -0.05) is 31.4 Å². The SMILES string of the molecule is COc1cc2c(cn1)c(C(=O)N1CCN(C(=O)OC(C)(C)C)CC1)c(Cc1cccc(F)c1C)n2C1CCCCC1. The summed E-state index contributed by atoms with van der Waals surface area (Å²) < 4.78 is 28.0. The largest absolute Gasteiger partial charge is 0.481 e. The number of fused-ring (bicyclic) bond motifs is 1. The van der Waals surface area contributed by atoms with Crippen LogP contribution >= 0.6 is 0 Å². The molecule has 0 bridgehead atoms. The lowest BCUT2D eigenvalue weighted by Crippen LogP contribution is -2.51. The number of carbonyl (C=O) groups excluding carboxylic acids is 2. The number of hydrogen-bond donors (Lipinski definition) is 0. The smallest absolute Gasteiger partial charge is 0.410 e. The zero-order valence-electron chi connectivity index (χ0n) is 24.8. The van der Waals surface area contributed by atoms with Crippen molar-refractivity contribution in [3.8, 4) is 5.88 Å². The third-order valence-corrected chi connectivity index (χ3v) is 8.28. The predicted molar refractivity (Wildman–Crippen MR) is 156 cm³/mol. The molecule has 0 spiro atoms. The van der Waals surface area contributed by atoms with Gasteiger partial charge in [-0.05, 0) is 57.7 Å². The number of halogens is 1. The zero-order chi connectivity index (χ0) is 29.3. The number of amides is 2. The molecule has 0 atom stereocenters. The fraction of sp³-hybridized carbons (Fsp3) is 0.531. The van der Waals surface area contributed by atoms with Crippen LogP contribution in [0.4, 0.5) is 9.18 Å². The number of nitrogens with zero attached hydrogens (tertiary/aromatic N) is 4. The first-order valence-electron chi connectivity index (χ1n) is 14.7. The third-order valence-electron chi connectivity index (χ3n) is 8.28. The highest BCUT2D eigenvalue weighted by Gasteiger charge is 2.33. The van der Waals surface area contributed by atoms with E-state index in [1.54, 1.807) is 31.2 Å². The summed E-state index contributed by atoms with van der Waals surface area (Å²) >= 11 is 0. The van der Waals surface area contributed by atoms with Crippen LogP contribution in [0.3, 0.4) is 0 Å². The summed E-state index contributed by atoms with van der Waals surface area (Å²) in [5.41, 5.74) is 3.28. The van der Waals surface area contributed by atoms with E-state index in [0.717, 1.165) is 47.8 Å². The van der Waals surface area contributed by atoms with Crippen LogP contribution in [0.1, 0.15) is 86.1 Å². The number of methoxy groups -OCH3 is 1. The Morgan fingerprint density at radius 2 is 1.73 bits per heavy atom. The van der Waals surface area contributed by atoms with Gasteiger partial charge < -0.3 is 23.8 Å². The predicted octanol–water partition coefficient (Wildman–Crippen LogP) is 6.28. The summed E-state index contributed by atoms with van der Waals surface area (Å²) in [4.78, 5) is 35.0. The molecule has 1 aromatic carbocycles. The maximum absolute atomic E-state index is 14.6. The molecule has 5 rings (SSSR count). The molecule has 1 saturated carbocycles. The van der Waals surface area contributed by atoms with Crippen molar-refractivity contribution in [2.75, 3.05) is 33.3 Å². The Hall–Kier alpha value is -3.62. The topological polar surface area (TPSA) is 76.9 Å². The fourth-order valence-corrected chi connectivity index (χ4v) is 6.12. The van der Waals surface area contributed by atoms with Crippen LogP contribution in [0.5, 0.6) is 5.88 Å². The molecule has 1 saturated heterocycles. The van der Waals surface area contributed by atoms with Crippen LogP contribution in [0.25, 0.3) is 10.9 Å². The lowest BCUT2D eigenvalue weighted by molar-refractivity contribution is 0.0141. The van der Waals surface area contributed by atoms with E-state index in [9.17, 15) is 14.0 Å². The van der Waals surface area contributed by atoms with Crippen molar-refractivity contribution in [3.63, 3.8) is 0 Å². The second-order valence-corrected chi connectivity index (χ2v) is 12.2. The first-order chi connectivity index (χ1) is 19.6. The zero-order valence-corrected chi connectivity index (χ0v) is 24.8. The van der Waals surface area contributed by atoms with E-state index in [1.165, 1.54) is 12.5 Å². The van der Waals surface area contributed by atoms with E-state index < -0.39 is 5.60 Å². The molecule has 3 aromatic rings. The number of ether oxygens (including phenoxy) is 2. The Morgan fingerprint density at radius 1 is 1.05 bits per heavy atom. The molecule has 2 aromatic heterocycles. The molecule has 41 heavy (non-hydrogen) atoms. The molecular formula is C32H41FN4O4. The number of benzene rings is 1. The van der Waals surface area contributed by atoms with Crippen molar-refractivity contribution in [3.05, 3.63) is 58.7 Å². The standard InChI is InChI=1S/C32H41FN4O4/c1-21-22(10-9-13-25(21)33)18-27-29(30(38)35-14-16-36(17-15-35)31(39)41-32(2,3)4)24-20-34-28(40-5)19-26(24)37(27)23-11-7-6-8-12-23/h9-10,13,19-20,23H,6-8,11-12,14-18H2,1-5H3. The maximum atomic E-state index is 14.6. The Bertz CT molecular complexity index is 1430. The highest BCUT2D eigenvalue weighted by molar-refractivity contribution is 6.08. The molecule has 0 N–H and O–H groups in total. The Balaban J connectivity index is 1.57. The average Bonchev–Trinajstić information content (AvgIpc) is 3.27. The summed E-state index contributed by atoms with van der Waals surface area (Å²) in [6.45, 7) is 8.91. The molecule has 1 aliphatic carbocycles. The average molecular weight is 565 g/mol. The minimum atomic E-state index is -0.580. The molecular weight excluding hydrogens is 523 g/mol. The van der Waals surface area contributed by atoms with E-state index in [1.807, 2.05) is 37.8 Å². The molecule has 2 amide bonds. The molecule has 9 heteroatoms. The van der Waals surface area contributed by atoms with Crippen LogP contribution in [0.2, 0.25) is 0 Å². The molecule has 8 nitrogen and oxygen atoms in total. The van der Waals surface area contributed by atoms with Crippen LogP contribution < -0.4 is 4.74 Å². The van der Waals surface area contributed by atoms with Crippen molar-refractivity contribution < 1.29 is 23.5 Å². The number of aromatic nitrogens is 2. The van der Waals surface area contributed by atoms with Crippen molar-refractivity contribution in [2.24, 2.45) is 0 Å². The van der Waals surface area contributed by atoms with E-state index in [2.05, 4.69) is 9.55 Å². The van der Waals surface area contributed by atoms with Gasteiger partial charge in [-0.2, -0.15) is 0 Å². The summed E-state index contributed by atoms with van der Waals surface area (Å²) in [5.74, 6) is 0.146. The van der Waals surface area contributed by atoms with E-state index >= 15 is 0 Å². The Kier molecular flexibility index (Phi) is 8.25. The van der Waals surface area contributed by atoms with Gasteiger partial charge in [0.2, 0.25) is 5.88 Å². The minimum absolute atomic E-state index is 0.0931. The van der Waals surface area contributed by atoms with Crippen LogP contribution in [0, 0.1) is 12.7 Å². The number of piperazine rings is 1. The fourth-order valence-electron chi connectivity index (χ4n) is 6.12. The number of pyridine rings is 1. The number of rotatable bonds is 5. The molecule has 0 unspecified atom stereocenters. The van der Waals surface area contributed by atoms with E-state index in [0.29, 0.717) is 49.6 Å². The molecule has 220 valence electrons. The van der Waals surface area contributed by atoms with E-state index in [-0.39, 0.29) is 23.9 Å². The summed E-state index contributed by atoms with van der Waals surface area (Å²) in [6.07, 6.45) is 7.29. The number of hydrogen-bond acceptors (Lipinski definition) is 5. The number of carbonyl (C=O) groups is 2. The maximum Gasteiger partial charge on any atom is 0.410 e.